The number of pyridine rings is 1. The lowest BCUT2D eigenvalue weighted by Gasteiger charge is -2.36. The van der Waals surface area contributed by atoms with Crippen molar-refractivity contribution in [2.24, 2.45) is 0 Å². The number of amides is 1. The number of ether oxygens (including phenoxy) is 1. The van der Waals surface area contributed by atoms with Gasteiger partial charge < -0.3 is 14.5 Å². The molecule has 3 aromatic rings. The van der Waals surface area contributed by atoms with Gasteiger partial charge >= 0.3 is 0 Å². The van der Waals surface area contributed by atoms with Crippen molar-refractivity contribution in [2.45, 2.75) is 6.92 Å². The minimum absolute atomic E-state index is 0.0766. The Morgan fingerprint density at radius 1 is 1.00 bits per heavy atom. The van der Waals surface area contributed by atoms with Crippen molar-refractivity contribution in [3.8, 4) is 5.75 Å². The number of anilines is 1. The fourth-order valence-corrected chi connectivity index (χ4v) is 3.59. The summed E-state index contributed by atoms with van der Waals surface area (Å²) in [7, 11) is 1.63. The predicted octanol–water partition coefficient (Wildman–Crippen LogP) is 3.51. The van der Waals surface area contributed by atoms with E-state index in [-0.39, 0.29) is 5.91 Å². The summed E-state index contributed by atoms with van der Waals surface area (Å²) in [5, 5.41) is 1.17. The van der Waals surface area contributed by atoms with Crippen molar-refractivity contribution in [2.75, 3.05) is 38.2 Å². The number of hydrogen-bond donors (Lipinski definition) is 0. The molecule has 1 aliphatic rings. The average Bonchev–Trinajstić information content (AvgIpc) is 2.73. The number of rotatable bonds is 3. The van der Waals surface area contributed by atoms with Gasteiger partial charge in [-0.2, -0.15) is 0 Å². The van der Waals surface area contributed by atoms with E-state index in [1.54, 1.807) is 7.11 Å². The summed E-state index contributed by atoms with van der Waals surface area (Å²) < 4.78 is 5.16. The molecule has 1 aromatic heterocycles. The molecule has 0 spiro atoms. The van der Waals surface area contributed by atoms with E-state index in [0.717, 1.165) is 24.4 Å². The number of fused-ring (bicyclic) bond motifs is 1. The third-order valence-corrected chi connectivity index (χ3v) is 5.12. The molecule has 0 atom stereocenters. The molecule has 2 heterocycles. The molecule has 1 amide bonds. The summed E-state index contributed by atoms with van der Waals surface area (Å²) in [6.45, 7) is 5.15. The molecule has 2 aromatic carbocycles. The van der Waals surface area contributed by atoms with Crippen LogP contribution in [0.25, 0.3) is 10.9 Å². The normalized spacial score (nSPS) is 14.4. The summed E-state index contributed by atoms with van der Waals surface area (Å²) >= 11 is 0. The standard InChI is InChI=1S/C22H23N3O2/c1-16-3-8-20-19(15-16)21(9-10-23-20)24-11-13-25(14-12-24)22(26)17-4-6-18(27-2)7-5-17/h3-10,15H,11-14H2,1-2H3. The first-order chi connectivity index (χ1) is 13.2. The Bertz CT molecular complexity index is 961. The van der Waals surface area contributed by atoms with Crippen LogP contribution in [0, 0.1) is 6.92 Å². The number of methoxy groups -OCH3 is 1. The quantitative estimate of drug-likeness (QED) is 0.716. The molecule has 0 radical (unpaired) electrons. The van der Waals surface area contributed by atoms with Crippen LogP contribution in [0.3, 0.4) is 0 Å². The molecule has 0 aliphatic carbocycles. The van der Waals surface area contributed by atoms with Crippen molar-refractivity contribution < 1.29 is 9.53 Å². The highest BCUT2D eigenvalue weighted by molar-refractivity contribution is 5.95. The second kappa shape index (κ2) is 7.27. The first-order valence-corrected chi connectivity index (χ1v) is 9.19. The molecule has 1 aliphatic heterocycles. The lowest BCUT2D eigenvalue weighted by atomic mass is 10.1. The maximum atomic E-state index is 12.8. The Kier molecular flexibility index (Phi) is 4.67. The van der Waals surface area contributed by atoms with Crippen molar-refractivity contribution in [1.82, 2.24) is 9.88 Å². The zero-order chi connectivity index (χ0) is 18.8. The lowest BCUT2D eigenvalue weighted by Crippen LogP contribution is -2.48. The number of nitrogens with zero attached hydrogens (tertiary/aromatic N) is 3. The highest BCUT2D eigenvalue weighted by Crippen LogP contribution is 2.27. The number of carbonyl (C=O) groups is 1. The number of piperazine rings is 1. The van der Waals surface area contributed by atoms with Gasteiger partial charge in [-0.1, -0.05) is 11.6 Å². The van der Waals surface area contributed by atoms with Gasteiger partial charge in [0.05, 0.1) is 12.6 Å². The summed E-state index contributed by atoms with van der Waals surface area (Å²) in [6.07, 6.45) is 1.86. The van der Waals surface area contributed by atoms with Gasteiger partial charge in [0.1, 0.15) is 5.75 Å². The molecule has 0 N–H and O–H groups in total. The van der Waals surface area contributed by atoms with Crippen LogP contribution in [0.4, 0.5) is 5.69 Å². The van der Waals surface area contributed by atoms with E-state index in [1.165, 1.54) is 16.6 Å². The molecule has 4 rings (SSSR count). The van der Waals surface area contributed by atoms with Crippen LogP contribution in [-0.4, -0.2) is 49.1 Å². The second-order valence-corrected chi connectivity index (χ2v) is 6.86. The highest BCUT2D eigenvalue weighted by atomic mass is 16.5. The number of carbonyl (C=O) groups excluding carboxylic acids is 1. The number of aromatic nitrogens is 1. The van der Waals surface area contributed by atoms with Gasteiger partial charge in [0.15, 0.2) is 0 Å². The van der Waals surface area contributed by atoms with Crippen LogP contribution in [0.1, 0.15) is 15.9 Å². The zero-order valence-electron chi connectivity index (χ0n) is 15.7. The number of hydrogen-bond acceptors (Lipinski definition) is 4. The monoisotopic (exact) mass is 361 g/mol. The van der Waals surface area contributed by atoms with E-state index in [1.807, 2.05) is 35.4 Å². The molecule has 5 nitrogen and oxygen atoms in total. The van der Waals surface area contributed by atoms with E-state index in [4.69, 9.17) is 4.74 Å². The van der Waals surface area contributed by atoms with Gasteiger partial charge in [-0.25, -0.2) is 0 Å². The van der Waals surface area contributed by atoms with Crippen molar-refractivity contribution in [3.63, 3.8) is 0 Å². The van der Waals surface area contributed by atoms with Gasteiger partial charge in [0.25, 0.3) is 5.91 Å². The topological polar surface area (TPSA) is 45.7 Å². The van der Waals surface area contributed by atoms with Crippen molar-refractivity contribution >= 4 is 22.5 Å². The molecule has 5 heteroatoms. The van der Waals surface area contributed by atoms with Gasteiger partial charge in [-0.05, 0) is 49.4 Å². The van der Waals surface area contributed by atoms with Crippen LogP contribution < -0.4 is 9.64 Å². The summed E-state index contributed by atoms with van der Waals surface area (Å²) in [6, 6.07) is 15.7. The van der Waals surface area contributed by atoms with Crippen LogP contribution in [0.2, 0.25) is 0 Å². The summed E-state index contributed by atoms with van der Waals surface area (Å²) in [5.74, 6) is 0.837. The van der Waals surface area contributed by atoms with Crippen LogP contribution in [-0.2, 0) is 0 Å². The van der Waals surface area contributed by atoms with Crippen molar-refractivity contribution in [1.29, 1.82) is 0 Å². The molecule has 0 unspecified atom stereocenters. The van der Waals surface area contributed by atoms with E-state index >= 15 is 0 Å². The SMILES string of the molecule is COc1ccc(C(=O)N2CCN(c3ccnc4ccc(C)cc34)CC2)cc1. The van der Waals surface area contributed by atoms with Gasteiger partial charge in [-0.3, -0.25) is 9.78 Å². The molecule has 1 saturated heterocycles. The molecule has 0 saturated carbocycles. The first-order valence-electron chi connectivity index (χ1n) is 9.19. The lowest BCUT2D eigenvalue weighted by molar-refractivity contribution is 0.0747. The number of aryl methyl sites for hydroxylation is 1. The highest BCUT2D eigenvalue weighted by Gasteiger charge is 2.23. The fraction of sp³-hybridized carbons (Fsp3) is 0.273. The average molecular weight is 361 g/mol. The van der Waals surface area contributed by atoms with Gasteiger partial charge in [-0.15, -0.1) is 0 Å². The van der Waals surface area contributed by atoms with Crippen molar-refractivity contribution in [3.05, 3.63) is 65.9 Å². The maximum Gasteiger partial charge on any atom is 0.253 e. The smallest absolute Gasteiger partial charge is 0.253 e. The Labute approximate surface area is 159 Å². The maximum absolute atomic E-state index is 12.8. The van der Waals surface area contributed by atoms with E-state index in [2.05, 4.69) is 41.1 Å². The minimum atomic E-state index is 0.0766. The minimum Gasteiger partial charge on any atom is -0.497 e. The molecule has 138 valence electrons. The third-order valence-electron chi connectivity index (χ3n) is 5.12. The van der Waals surface area contributed by atoms with Crippen LogP contribution in [0.15, 0.2) is 54.7 Å². The fourth-order valence-electron chi connectivity index (χ4n) is 3.59. The Morgan fingerprint density at radius 2 is 1.74 bits per heavy atom. The largest absolute Gasteiger partial charge is 0.497 e. The van der Waals surface area contributed by atoms with Crippen LogP contribution >= 0.6 is 0 Å². The molecule has 0 bridgehead atoms. The molecule has 27 heavy (non-hydrogen) atoms. The first kappa shape index (κ1) is 17.3. The van der Waals surface area contributed by atoms with E-state index in [0.29, 0.717) is 18.7 Å². The second-order valence-electron chi connectivity index (χ2n) is 6.86. The van der Waals surface area contributed by atoms with Crippen LogP contribution in [0.5, 0.6) is 5.75 Å². The number of benzene rings is 2. The molecular formula is C22H23N3O2. The van der Waals surface area contributed by atoms with Gasteiger partial charge in [0.2, 0.25) is 0 Å². The molecule has 1 fully saturated rings. The van der Waals surface area contributed by atoms with E-state index in [9.17, 15) is 4.79 Å². The zero-order valence-corrected chi connectivity index (χ0v) is 15.7. The Balaban J connectivity index is 1.49. The summed E-state index contributed by atoms with van der Waals surface area (Å²) in [4.78, 5) is 21.5. The molecular weight excluding hydrogens is 338 g/mol. The third kappa shape index (κ3) is 3.45. The predicted molar refractivity (Wildman–Crippen MR) is 108 cm³/mol. The Hall–Kier alpha value is -3.08. The Morgan fingerprint density at radius 3 is 2.44 bits per heavy atom. The summed E-state index contributed by atoms with van der Waals surface area (Å²) in [5.41, 5.74) is 4.13. The van der Waals surface area contributed by atoms with E-state index < -0.39 is 0 Å². The van der Waals surface area contributed by atoms with Gasteiger partial charge in [0, 0.05) is 49.0 Å².